The Hall–Kier alpha value is -2.12. The van der Waals surface area contributed by atoms with Crippen molar-refractivity contribution < 1.29 is 39.6 Å². The summed E-state index contributed by atoms with van der Waals surface area (Å²) in [6.45, 7) is 0. The van der Waals surface area contributed by atoms with E-state index in [-0.39, 0.29) is 37.5 Å². The molecule has 6 atom stereocenters. The van der Waals surface area contributed by atoms with Gasteiger partial charge < -0.3 is 20.4 Å². The van der Waals surface area contributed by atoms with Crippen LogP contribution in [-0.4, -0.2) is 44.3 Å². The van der Waals surface area contributed by atoms with Crippen LogP contribution in [0.15, 0.2) is 0 Å². The first-order chi connectivity index (χ1) is 11.2. The van der Waals surface area contributed by atoms with E-state index in [1.54, 1.807) is 0 Å². The highest BCUT2D eigenvalue weighted by molar-refractivity contribution is 5.81. The summed E-state index contributed by atoms with van der Waals surface area (Å²) in [5.41, 5.74) is 0. The van der Waals surface area contributed by atoms with E-state index in [1.807, 2.05) is 0 Å². The van der Waals surface area contributed by atoms with Crippen LogP contribution in [-0.2, 0) is 19.2 Å². The summed E-state index contributed by atoms with van der Waals surface area (Å²) < 4.78 is 0. The second kappa shape index (κ2) is 7.19. The summed E-state index contributed by atoms with van der Waals surface area (Å²) in [5, 5.41) is 36.9. The topological polar surface area (TPSA) is 149 Å². The molecule has 0 bridgehead atoms. The first-order valence-corrected chi connectivity index (χ1v) is 8.13. The van der Waals surface area contributed by atoms with Crippen molar-refractivity contribution in [2.45, 2.75) is 38.5 Å². The number of carboxylic acids is 4. The van der Waals surface area contributed by atoms with Gasteiger partial charge in [-0.05, 0) is 50.4 Å². The van der Waals surface area contributed by atoms with Crippen LogP contribution >= 0.6 is 0 Å². The number of carbonyl (C=O) groups is 4. The van der Waals surface area contributed by atoms with Crippen LogP contribution < -0.4 is 0 Å². The Balaban J connectivity index is 2.09. The van der Waals surface area contributed by atoms with Gasteiger partial charge in [-0.25, -0.2) is 0 Å². The average molecular weight is 342 g/mol. The summed E-state index contributed by atoms with van der Waals surface area (Å²) in [6.07, 6.45) is 2.01. The van der Waals surface area contributed by atoms with Gasteiger partial charge in [0.25, 0.3) is 0 Å². The van der Waals surface area contributed by atoms with Crippen LogP contribution in [0.25, 0.3) is 0 Å². The molecule has 24 heavy (non-hydrogen) atoms. The Morgan fingerprint density at radius 2 is 0.792 bits per heavy atom. The van der Waals surface area contributed by atoms with Crippen LogP contribution in [0.5, 0.6) is 0 Å². The lowest BCUT2D eigenvalue weighted by molar-refractivity contribution is -0.159. The maximum Gasteiger partial charge on any atom is 0.307 e. The molecule has 134 valence electrons. The smallest absolute Gasteiger partial charge is 0.307 e. The number of hydrogen-bond donors (Lipinski definition) is 4. The SMILES string of the molecule is O=C(O)C1CCC(C2CCC(C(=O)O)C(C(=O)O)C2)CC1C(=O)O. The molecule has 0 radical (unpaired) electrons. The molecule has 2 rings (SSSR count). The Labute approximate surface area is 138 Å². The first kappa shape index (κ1) is 18.2. The average Bonchev–Trinajstić information content (AvgIpc) is 2.53. The van der Waals surface area contributed by atoms with E-state index >= 15 is 0 Å². The maximum absolute atomic E-state index is 11.4. The van der Waals surface area contributed by atoms with Gasteiger partial charge in [0.05, 0.1) is 23.7 Å². The Kier molecular flexibility index (Phi) is 5.46. The molecular weight excluding hydrogens is 320 g/mol. The lowest BCUT2D eigenvalue weighted by Gasteiger charge is -2.40. The molecule has 0 saturated heterocycles. The zero-order valence-electron chi connectivity index (χ0n) is 13.1. The van der Waals surface area contributed by atoms with Gasteiger partial charge in [-0.15, -0.1) is 0 Å². The molecule has 6 unspecified atom stereocenters. The minimum Gasteiger partial charge on any atom is -0.481 e. The van der Waals surface area contributed by atoms with Crippen molar-refractivity contribution in [1.29, 1.82) is 0 Å². The van der Waals surface area contributed by atoms with Crippen molar-refractivity contribution in [2.75, 3.05) is 0 Å². The third kappa shape index (κ3) is 3.68. The molecule has 2 saturated carbocycles. The summed E-state index contributed by atoms with van der Waals surface area (Å²) in [4.78, 5) is 45.2. The normalized spacial score (nSPS) is 36.7. The molecule has 0 aliphatic heterocycles. The highest BCUT2D eigenvalue weighted by atomic mass is 16.4. The fourth-order valence-corrected chi connectivity index (χ4v) is 4.40. The molecule has 8 heteroatoms. The standard InChI is InChI=1S/C16H22O8/c17-13(18)9-3-1-7(5-11(9)15(21)22)8-2-4-10(14(19)20)12(6-8)16(23)24/h7-12H,1-6H2,(H,17,18)(H,19,20)(H,21,22)(H,23,24). The summed E-state index contributed by atoms with van der Waals surface area (Å²) in [6, 6.07) is 0. The van der Waals surface area contributed by atoms with Crippen LogP contribution in [0.1, 0.15) is 38.5 Å². The van der Waals surface area contributed by atoms with E-state index in [2.05, 4.69) is 0 Å². The van der Waals surface area contributed by atoms with E-state index in [0.29, 0.717) is 12.8 Å². The largest absolute Gasteiger partial charge is 0.481 e. The number of aliphatic carboxylic acids is 4. The molecule has 0 aromatic heterocycles. The van der Waals surface area contributed by atoms with Crippen molar-refractivity contribution >= 4 is 23.9 Å². The molecule has 4 N–H and O–H groups in total. The molecular formula is C16H22O8. The monoisotopic (exact) mass is 342 g/mol. The molecule has 0 aromatic carbocycles. The summed E-state index contributed by atoms with van der Waals surface area (Å²) in [5.74, 6) is -8.41. The first-order valence-electron chi connectivity index (χ1n) is 8.13. The van der Waals surface area contributed by atoms with Crippen molar-refractivity contribution in [3.63, 3.8) is 0 Å². The van der Waals surface area contributed by atoms with Crippen LogP contribution in [0.3, 0.4) is 0 Å². The van der Waals surface area contributed by atoms with Gasteiger partial charge in [0, 0.05) is 0 Å². The zero-order chi connectivity index (χ0) is 18.0. The van der Waals surface area contributed by atoms with Gasteiger partial charge in [0.2, 0.25) is 0 Å². The van der Waals surface area contributed by atoms with E-state index in [1.165, 1.54) is 0 Å². The van der Waals surface area contributed by atoms with E-state index in [0.717, 1.165) is 0 Å². The Morgan fingerprint density at radius 1 is 0.500 bits per heavy atom. The third-order valence-electron chi connectivity index (χ3n) is 5.72. The van der Waals surface area contributed by atoms with Gasteiger partial charge in [-0.1, -0.05) is 0 Å². The van der Waals surface area contributed by atoms with Crippen molar-refractivity contribution in [3.8, 4) is 0 Å². The van der Waals surface area contributed by atoms with Crippen molar-refractivity contribution in [3.05, 3.63) is 0 Å². The molecule has 2 aliphatic carbocycles. The second-order valence-electron chi connectivity index (χ2n) is 6.93. The van der Waals surface area contributed by atoms with E-state index < -0.39 is 47.5 Å². The molecule has 0 amide bonds. The van der Waals surface area contributed by atoms with Crippen LogP contribution in [0.4, 0.5) is 0 Å². The lowest BCUT2D eigenvalue weighted by atomic mass is 9.63. The highest BCUT2D eigenvalue weighted by Crippen LogP contribution is 2.45. The van der Waals surface area contributed by atoms with Gasteiger partial charge >= 0.3 is 23.9 Å². The maximum atomic E-state index is 11.4. The quantitative estimate of drug-likeness (QED) is 0.585. The highest BCUT2D eigenvalue weighted by Gasteiger charge is 2.45. The lowest BCUT2D eigenvalue weighted by Crippen LogP contribution is -2.41. The Bertz CT molecular complexity index is 494. The van der Waals surface area contributed by atoms with E-state index in [9.17, 15) is 29.4 Å². The van der Waals surface area contributed by atoms with Gasteiger partial charge in [-0.2, -0.15) is 0 Å². The number of hydrogen-bond acceptors (Lipinski definition) is 4. The van der Waals surface area contributed by atoms with Gasteiger partial charge in [-0.3, -0.25) is 19.2 Å². The fourth-order valence-electron chi connectivity index (χ4n) is 4.40. The van der Waals surface area contributed by atoms with Crippen LogP contribution in [0, 0.1) is 35.5 Å². The molecule has 2 aliphatic rings. The molecule has 0 spiro atoms. The minimum atomic E-state index is -1.14. The summed E-state index contributed by atoms with van der Waals surface area (Å²) in [7, 11) is 0. The predicted molar refractivity (Wildman–Crippen MR) is 79.2 cm³/mol. The fraction of sp³-hybridized carbons (Fsp3) is 0.750. The van der Waals surface area contributed by atoms with E-state index in [4.69, 9.17) is 10.2 Å². The zero-order valence-corrected chi connectivity index (χ0v) is 13.1. The van der Waals surface area contributed by atoms with Crippen LogP contribution in [0.2, 0.25) is 0 Å². The Morgan fingerprint density at radius 3 is 1.04 bits per heavy atom. The molecule has 8 nitrogen and oxygen atoms in total. The molecule has 0 aromatic rings. The van der Waals surface area contributed by atoms with Crippen molar-refractivity contribution in [1.82, 2.24) is 0 Å². The minimum absolute atomic E-state index is 0.0710. The van der Waals surface area contributed by atoms with Gasteiger partial charge in [0.1, 0.15) is 0 Å². The van der Waals surface area contributed by atoms with Gasteiger partial charge in [0.15, 0.2) is 0 Å². The predicted octanol–water partition coefficient (Wildman–Crippen LogP) is 1.39. The van der Waals surface area contributed by atoms with Crippen molar-refractivity contribution in [2.24, 2.45) is 35.5 Å². The second-order valence-corrected chi connectivity index (χ2v) is 6.93. The number of carboxylic acid groups (broad SMARTS) is 4. The summed E-state index contributed by atoms with van der Waals surface area (Å²) >= 11 is 0. The third-order valence-corrected chi connectivity index (χ3v) is 5.72. The molecule has 0 heterocycles. The molecule has 2 fully saturated rings. The number of rotatable bonds is 5.